The Morgan fingerprint density at radius 3 is 2.35 bits per heavy atom. The molecule has 3 heteroatoms. The molecule has 2 rings (SSSR count). The third kappa shape index (κ3) is 1.82. The van der Waals surface area contributed by atoms with E-state index in [1.807, 2.05) is 7.05 Å². The fourth-order valence-electron chi connectivity index (χ4n) is 2.29. The van der Waals surface area contributed by atoms with Gasteiger partial charge in [0, 0.05) is 28.3 Å². The first kappa shape index (κ1) is 12.4. The molecule has 0 spiro atoms. The average Bonchev–Trinajstić information content (AvgIpc) is 2.29. The van der Waals surface area contributed by atoms with Crippen LogP contribution in [0.2, 0.25) is 0 Å². The standard InChI is InChI=1S/C14H17BrN2/c1-7-6-11-12(9(3)13(7)15)14(16-5)8(2)10(4)17-11/h6H,1-5H3,(H,16,17). The van der Waals surface area contributed by atoms with Crippen LogP contribution in [-0.2, 0) is 0 Å². The van der Waals surface area contributed by atoms with Crippen LogP contribution in [0.3, 0.4) is 0 Å². The third-order valence-corrected chi connectivity index (χ3v) is 4.59. The van der Waals surface area contributed by atoms with E-state index in [2.05, 4.69) is 60.0 Å². The van der Waals surface area contributed by atoms with Crippen molar-refractivity contribution in [1.82, 2.24) is 4.98 Å². The lowest BCUT2D eigenvalue weighted by molar-refractivity contribution is 1.18. The highest BCUT2D eigenvalue weighted by atomic mass is 79.9. The van der Waals surface area contributed by atoms with E-state index in [4.69, 9.17) is 0 Å². The maximum absolute atomic E-state index is 4.69. The van der Waals surface area contributed by atoms with Gasteiger partial charge >= 0.3 is 0 Å². The van der Waals surface area contributed by atoms with E-state index >= 15 is 0 Å². The van der Waals surface area contributed by atoms with Gasteiger partial charge in [-0.05, 0) is 50.5 Å². The molecular formula is C14H17BrN2. The maximum Gasteiger partial charge on any atom is 0.0732 e. The van der Waals surface area contributed by atoms with Gasteiger partial charge in [0.25, 0.3) is 0 Å². The molecule has 0 radical (unpaired) electrons. The summed E-state index contributed by atoms with van der Waals surface area (Å²) in [4.78, 5) is 4.69. The van der Waals surface area contributed by atoms with Crippen LogP contribution in [0.25, 0.3) is 10.9 Å². The smallest absolute Gasteiger partial charge is 0.0732 e. The number of anilines is 1. The van der Waals surface area contributed by atoms with Gasteiger partial charge in [0.1, 0.15) is 0 Å². The number of hydrogen-bond donors (Lipinski definition) is 1. The van der Waals surface area contributed by atoms with Crippen molar-refractivity contribution in [1.29, 1.82) is 0 Å². The van der Waals surface area contributed by atoms with Crippen molar-refractivity contribution in [3.63, 3.8) is 0 Å². The second kappa shape index (κ2) is 4.30. The number of nitrogens with zero attached hydrogens (tertiary/aromatic N) is 1. The molecule has 0 saturated heterocycles. The van der Waals surface area contributed by atoms with Crippen LogP contribution in [0, 0.1) is 27.7 Å². The molecule has 0 amide bonds. The van der Waals surface area contributed by atoms with Gasteiger partial charge in [-0.1, -0.05) is 15.9 Å². The molecule has 1 heterocycles. The fourth-order valence-corrected chi connectivity index (χ4v) is 2.60. The molecule has 1 N–H and O–H groups in total. The summed E-state index contributed by atoms with van der Waals surface area (Å²) in [6.07, 6.45) is 0. The van der Waals surface area contributed by atoms with Gasteiger partial charge in [-0.3, -0.25) is 4.98 Å². The summed E-state index contributed by atoms with van der Waals surface area (Å²) in [6, 6.07) is 2.14. The highest BCUT2D eigenvalue weighted by molar-refractivity contribution is 9.10. The molecule has 0 aliphatic rings. The molecule has 17 heavy (non-hydrogen) atoms. The Balaban J connectivity index is 3.02. The lowest BCUT2D eigenvalue weighted by Crippen LogP contribution is -2.01. The van der Waals surface area contributed by atoms with Gasteiger partial charge in [0.2, 0.25) is 0 Å². The van der Waals surface area contributed by atoms with Crippen molar-refractivity contribution in [2.45, 2.75) is 27.7 Å². The molecule has 2 aromatic rings. The SMILES string of the molecule is CNc1c(C)c(C)nc2cc(C)c(Br)c(C)c12. The van der Waals surface area contributed by atoms with E-state index in [-0.39, 0.29) is 0 Å². The number of aryl methyl sites for hydroxylation is 3. The van der Waals surface area contributed by atoms with Crippen LogP contribution >= 0.6 is 15.9 Å². The zero-order valence-corrected chi connectivity index (χ0v) is 12.5. The molecule has 0 atom stereocenters. The third-order valence-electron chi connectivity index (χ3n) is 3.37. The van der Waals surface area contributed by atoms with Crippen LogP contribution in [0.1, 0.15) is 22.4 Å². The zero-order valence-electron chi connectivity index (χ0n) is 10.9. The van der Waals surface area contributed by atoms with Gasteiger partial charge in [0.15, 0.2) is 0 Å². The van der Waals surface area contributed by atoms with E-state index in [0.717, 1.165) is 11.2 Å². The molecule has 90 valence electrons. The molecule has 1 aromatic heterocycles. The summed E-state index contributed by atoms with van der Waals surface area (Å²) in [7, 11) is 1.97. The van der Waals surface area contributed by atoms with E-state index in [0.29, 0.717) is 0 Å². The van der Waals surface area contributed by atoms with E-state index in [9.17, 15) is 0 Å². The molecular weight excluding hydrogens is 276 g/mol. The van der Waals surface area contributed by atoms with Crippen molar-refractivity contribution < 1.29 is 0 Å². The minimum Gasteiger partial charge on any atom is -0.387 e. The lowest BCUT2D eigenvalue weighted by Gasteiger charge is -2.16. The first-order valence-corrected chi connectivity index (χ1v) is 6.51. The average molecular weight is 293 g/mol. The van der Waals surface area contributed by atoms with E-state index in [1.165, 1.54) is 32.2 Å². The minimum absolute atomic E-state index is 1.07. The van der Waals surface area contributed by atoms with E-state index in [1.54, 1.807) is 0 Å². The predicted octanol–water partition coefficient (Wildman–Crippen LogP) is 4.27. The maximum atomic E-state index is 4.69. The van der Waals surface area contributed by atoms with Gasteiger partial charge in [-0.15, -0.1) is 0 Å². The molecule has 0 fully saturated rings. The molecule has 0 bridgehead atoms. The number of rotatable bonds is 1. The first-order valence-electron chi connectivity index (χ1n) is 5.71. The van der Waals surface area contributed by atoms with Crippen LogP contribution < -0.4 is 5.32 Å². The Labute approximate surface area is 111 Å². The normalized spacial score (nSPS) is 10.9. The monoisotopic (exact) mass is 292 g/mol. The van der Waals surface area contributed by atoms with Crippen molar-refractivity contribution in [3.8, 4) is 0 Å². The van der Waals surface area contributed by atoms with Crippen molar-refractivity contribution in [3.05, 3.63) is 32.9 Å². The lowest BCUT2D eigenvalue weighted by atomic mass is 10.0. The second-order valence-electron chi connectivity index (χ2n) is 4.47. The summed E-state index contributed by atoms with van der Waals surface area (Å²) in [5.74, 6) is 0. The van der Waals surface area contributed by atoms with Crippen LogP contribution in [0.5, 0.6) is 0 Å². The van der Waals surface area contributed by atoms with Crippen LogP contribution in [-0.4, -0.2) is 12.0 Å². The van der Waals surface area contributed by atoms with Crippen molar-refractivity contribution in [2.24, 2.45) is 0 Å². The van der Waals surface area contributed by atoms with Crippen molar-refractivity contribution in [2.75, 3.05) is 12.4 Å². The summed E-state index contributed by atoms with van der Waals surface area (Å²) < 4.78 is 1.17. The van der Waals surface area contributed by atoms with Gasteiger partial charge < -0.3 is 5.32 Å². The fraction of sp³-hybridized carbons (Fsp3) is 0.357. The largest absolute Gasteiger partial charge is 0.387 e. The Hall–Kier alpha value is -1.09. The molecule has 0 aliphatic heterocycles. The first-order chi connectivity index (χ1) is 7.97. The highest BCUT2D eigenvalue weighted by Gasteiger charge is 2.13. The number of aromatic nitrogens is 1. The summed E-state index contributed by atoms with van der Waals surface area (Å²) in [5, 5.41) is 4.52. The molecule has 0 aliphatic carbocycles. The Bertz CT molecular complexity index is 598. The van der Waals surface area contributed by atoms with Gasteiger partial charge in [0.05, 0.1) is 5.52 Å². The Morgan fingerprint density at radius 2 is 1.76 bits per heavy atom. The van der Waals surface area contributed by atoms with E-state index < -0.39 is 0 Å². The van der Waals surface area contributed by atoms with Crippen LogP contribution in [0.15, 0.2) is 10.5 Å². The summed E-state index contributed by atoms with van der Waals surface area (Å²) >= 11 is 3.65. The summed E-state index contributed by atoms with van der Waals surface area (Å²) in [6.45, 7) is 8.41. The number of benzene rings is 1. The number of fused-ring (bicyclic) bond motifs is 1. The molecule has 0 unspecified atom stereocenters. The zero-order chi connectivity index (χ0) is 12.7. The Morgan fingerprint density at radius 1 is 1.12 bits per heavy atom. The van der Waals surface area contributed by atoms with Gasteiger partial charge in [-0.2, -0.15) is 0 Å². The number of pyridine rings is 1. The Kier molecular flexibility index (Phi) is 3.13. The molecule has 2 nitrogen and oxygen atoms in total. The minimum atomic E-state index is 1.07. The number of halogens is 1. The number of nitrogens with one attached hydrogen (secondary N) is 1. The van der Waals surface area contributed by atoms with Gasteiger partial charge in [-0.25, -0.2) is 0 Å². The molecule has 1 aromatic carbocycles. The molecule has 0 saturated carbocycles. The number of hydrogen-bond acceptors (Lipinski definition) is 2. The van der Waals surface area contributed by atoms with Crippen molar-refractivity contribution >= 4 is 32.5 Å². The van der Waals surface area contributed by atoms with Crippen LogP contribution in [0.4, 0.5) is 5.69 Å². The predicted molar refractivity (Wildman–Crippen MR) is 77.9 cm³/mol. The quantitative estimate of drug-likeness (QED) is 0.849. The topological polar surface area (TPSA) is 24.9 Å². The second-order valence-corrected chi connectivity index (χ2v) is 5.27. The highest BCUT2D eigenvalue weighted by Crippen LogP contribution is 2.35. The summed E-state index contributed by atoms with van der Waals surface area (Å²) in [5.41, 5.74) is 7.04.